The summed E-state index contributed by atoms with van der Waals surface area (Å²) < 4.78 is 5.88. The second kappa shape index (κ2) is 3.88. The lowest BCUT2D eigenvalue weighted by molar-refractivity contribution is 0.534. The van der Waals surface area contributed by atoms with Crippen molar-refractivity contribution in [3.8, 4) is 0 Å². The van der Waals surface area contributed by atoms with Crippen molar-refractivity contribution < 1.29 is 4.42 Å². The zero-order valence-corrected chi connectivity index (χ0v) is 10.1. The van der Waals surface area contributed by atoms with Crippen LogP contribution in [0.15, 0.2) is 32.9 Å². The van der Waals surface area contributed by atoms with Gasteiger partial charge in [-0.25, -0.2) is 0 Å². The van der Waals surface area contributed by atoms with E-state index in [1.807, 2.05) is 6.07 Å². The molecule has 74 valence electrons. The third-order valence-electron chi connectivity index (χ3n) is 2.22. The molecule has 0 aromatic carbocycles. The highest BCUT2D eigenvalue weighted by molar-refractivity contribution is 9.10. The Morgan fingerprint density at radius 3 is 2.71 bits per heavy atom. The predicted molar refractivity (Wildman–Crippen MR) is 61.5 cm³/mol. The monoisotopic (exact) mass is 271 g/mol. The summed E-state index contributed by atoms with van der Waals surface area (Å²) in [5, 5.41) is 2.05. The topological polar surface area (TPSA) is 39.2 Å². The van der Waals surface area contributed by atoms with Crippen LogP contribution in [0.2, 0.25) is 0 Å². The average molecular weight is 272 g/mol. The SMILES string of the molecule is Cc1sccc1C(N)c1ccoc1Br. The standard InChI is InChI=1S/C10H10BrNOS/c1-6-7(3-5-14-6)9(12)8-2-4-13-10(8)11/h2-5,9H,12H2,1H3. The average Bonchev–Trinajstić information content (AvgIpc) is 2.73. The van der Waals surface area contributed by atoms with Crippen LogP contribution in [0.3, 0.4) is 0 Å². The second-order valence-electron chi connectivity index (χ2n) is 3.06. The Hall–Kier alpha value is -0.580. The Labute approximate surface area is 94.9 Å². The van der Waals surface area contributed by atoms with Gasteiger partial charge in [0, 0.05) is 10.4 Å². The van der Waals surface area contributed by atoms with E-state index in [0.29, 0.717) is 0 Å². The molecule has 0 radical (unpaired) electrons. The summed E-state index contributed by atoms with van der Waals surface area (Å²) in [5.74, 6) is 0. The normalized spacial score (nSPS) is 13.1. The van der Waals surface area contributed by atoms with Crippen LogP contribution in [0.25, 0.3) is 0 Å². The highest BCUT2D eigenvalue weighted by atomic mass is 79.9. The molecule has 2 aromatic heterocycles. The molecule has 2 heterocycles. The van der Waals surface area contributed by atoms with Crippen molar-refractivity contribution in [3.05, 3.63) is 44.4 Å². The first kappa shape index (κ1) is 9.96. The van der Waals surface area contributed by atoms with Gasteiger partial charge in [-0.2, -0.15) is 0 Å². The van der Waals surface area contributed by atoms with E-state index in [1.54, 1.807) is 17.6 Å². The van der Waals surface area contributed by atoms with E-state index in [-0.39, 0.29) is 6.04 Å². The highest BCUT2D eigenvalue weighted by Gasteiger charge is 2.16. The Morgan fingerprint density at radius 1 is 1.43 bits per heavy atom. The first-order valence-electron chi connectivity index (χ1n) is 4.22. The molecule has 14 heavy (non-hydrogen) atoms. The van der Waals surface area contributed by atoms with Crippen molar-refractivity contribution in [1.29, 1.82) is 0 Å². The fourth-order valence-corrected chi connectivity index (χ4v) is 2.65. The van der Waals surface area contributed by atoms with Crippen molar-refractivity contribution >= 4 is 27.3 Å². The quantitative estimate of drug-likeness (QED) is 0.909. The van der Waals surface area contributed by atoms with Gasteiger partial charge in [-0.05, 0) is 45.9 Å². The number of halogens is 1. The Kier molecular flexibility index (Phi) is 2.76. The van der Waals surface area contributed by atoms with Crippen molar-refractivity contribution in [2.24, 2.45) is 5.73 Å². The molecule has 2 rings (SSSR count). The van der Waals surface area contributed by atoms with Crippen LogP contribution in [0.5, 0.6) is 0 Å². The van der Waals surface area contributed by atoms with Crippen molar-refractivity contribution in [2.75, 3.05) is 0 Å². The summed E-state index contributed by atoms with van der Waals surface area (Å²) in [6.07, 6.45) is 1.64. The molecule has 0 spiro atoms. The van der Waals surface area contributed by atoms with E-state index < -0.39 is 0 Å². The first-order chi connectivity index (χ1) is 6.70. The number of hydrogen-bond donors (Lipinski definition) is 1. The van der Waals surface area contributed by atoms with Crippen LogP contribution in [0.4, 0.5) is 0 Å². The number of hydrogen-bond acceptors (Lipinski definition) is 3. The van der Waals surface area contributed by atoms with Gasteiger partial charge in [0.1, 0.15) is 0 Å². The van der Waals surface area contributed by atoms with Gasteiger partial charge in [0.05, 0.1) is 12.3 Å². The maximum Gasteiger partial charge on any atom is 0.174 e. The molecule has 4 heteroatoms. The molecule has 0 aliphatic carbocycles. The van der Waals surface area contributed by atoms with E-state index in [1.165, 1.54) is 4.88 Å². The number of thiophene rings is 1. The zero-order valence-electron chi connectivity index (χ0n) is 7.66. The molecule has 2 N–H and O–H groups in total. The minimum absolute atomic E-state index is 0.102. The van der Waals surface area contributed by atoms with E-state index >= 15 is 0 Å². The largest absolute Gasteiger partial charge is 0.457 e. The summed E-state index contributed by atoms with van der Waals surface area (Å²) in [6.45, 7) is 2.08. The van der Waals surface area contributed by atoms with Crippen LogP contribution in [-0.2, 0) is 0 Å². The summed E-state index contributed by atoms with van der Waals surface area (Å²) in [6, 6.07) is 3.85. The number of rotatable bonds is 2. The summed E-state index contributed by atoms with van der Waals surface area (Å²) in [4.78, 5) is 1.26. The molecule has 0 amide bonds. The fraction of sp³-hybridized carbons (Fsp3) is 0.200. The van der Waals surface area contributed by atoms with E-state index in [9.17, 15) is 0 Å². The smallest absolute Gasteiger partial charge is 0.174 e. The van der Waals surface area contributed by atoms with Gasteiger partial charge in [-0.3, -0.25) is 0 Å². The molecule has 0 fully saturated rings. The molecular formula is C10H10BrNOS. The zero-order chi connectivity index (χ0) is 10.1. The molecule has 1 atom stereocenters. The van der Waals surface area contributed by atoms with Gasteiger partial charge in [0.2, 0.25) is 0 Å². The second-order valence-corrected chi connectivity index (χ2v) is 4.90. The lowest BCUT2D eigenvalue weighted by Crippen LogP contribution is -2.11. The summed E-state index contributed by atoms with van der Waals surface area (Å²) >= 11 is 5.04. The van der Waals surface area contributed by atoms with Crippen LogP contribution in [0, 0.1) is 6.92 Å². The fourth-order valence-electron chi connectivity index (χ4n) is 1.41. The molecule has 0 aliphatic heterocycles. The van der Waals surface area contributed by atoms with E-state index in [4.69, 9.17) is 10.2 Å². The van der Waals surface area contributed by atoms with Gasteiger partial charge < -0.3 is 10.2 Å². The number of aryl methyl sites for hydroxylation is 1. The minimum atomic E-state index is -0.102. The molecule has 0 saturated heterocycles. The minimum Gasteiger partial charge on any atom is -0.457 e. The Balaban J connectivity index is 2.38. The third kappa shape index (κ3) is 1.65. The maximum absolute atomic E-state index is 6.12. The van der Waals surface area contributed by atoms with Crippen LogP contribution >= 0.6 is 27.3 Å². The number of nitrogens with two attached hydrogens (primary N) is 1. The number of furan rings is 1. The van der Waals surface area contributed by atoms with Gasteiger partial charge in [-0.1, -0.05) is 0 Å². The Morgan fingerprint density at radius 2 is 2.21 bits per heavy atom. The molecule has 0 aliphatic rings. The molecule has 1 unspecified atom stereocenters. The van der Waals surface area contributed by atoms with E-state index in [0.717, 1.165) is 15.8 Å². The molecule has 0 saturated carbocycles. The van der Waals surface area contributed by atoms with Crippen LogP contribution in [-0.4, -0.2) is 0 Å². The van der Waals surface area contributed by atoms with Crippen LogP contribution < -0.4 is 5.73 Å². The first-order valence-corrected chi connectivity index (χ1v) is 5.90. The van der Waals surface area contributed by atoms with Crippen molar-refractivity contribution in [3.63, 3.8) is 0 Å². The van der Waals surface area contributed by atoms with Crippen molar-refractivity contribution in [2.45, 2.75) is 13.0 Å². The summed E-state index contributed by atoms with van der Waals surface area (Å²) in [5.41, 5.74) is 8.28. The maximum atomic E-state index is 6.12. The van der Waals surface area contributed by atoms with E-state index in [2.05, 4.69) is 34.3 Å². The molecule has 2 nitrogen and oxygen atoms in total. The Bertz CT molecular complexity index is 395. The predicted octanol–water partition coefficient (Wildman–Crippen LogP) is 3.46. The molecular weight excluding hydrogens is 262 g/mol. The lowest BCUT2D eigenvalue weighted by atomic mass is 10.0. The highest BCUT2D eigenvalue weighted by Crippen LogP contribution is 2.31. The van der Waals surface area contributed by atoms with Gasteiger partial charge in [0.25, 0.3) is 0 Å². The summed E-state index contributed by atoms with van der Waals surface area (Å²) in [7, 11) is 0. The van der Waals surface area contributed by atoms with Crippen LogP contribution in [0.1, 0.15) is 22.0 Å². The van der Waals surface area contributed by atoms with Gasteiger partial charge in [-0.15, -0.1) is 11.3 Å². The van der Waals surface area contributed by atoms with Gasteiger partial charge in [0.15, 0.2) is 4.67 Å². The third-order valence-corrected chi connectivity index (χ3v) is 3.72. The van der Waals surface area contributed by atoms with Crippen molar-refractivity contribution in [1.82, 2.24) is 0 Å². The molecule has 0 bridgehead atoms. The van der Waals surface area contributed by atoms with Gasteiger partial charge >= 0.3 is 0 Å². The molecule has 2 aromatic rings. The lowest BCUT2D eigenvalue weighted by Gasteiger charge is -2.09.